The molecule has 0 aromatic carbocycles. The Morgan fingerprint density at radius 2 is 1.93 bits per heavy atom. The molecule has 0 aliphatic carbocycles. The standard InChI is InChI=1S/C10H11N5/c11-15-9-3-6-13-10(14-9)7-8-1-4-12-5-2-8/h1-6H,7,11H2,(H,13,14,15). The van der Waals surface area contributed by atoms with Gasteiger partial charge in [-0.15, -0.1) is 0 Å². The van der Waals surface area contributed by atoms with Crippen LogP contribution in [0.2, 0.25) is 0 Å². The summed E-state index contributed by atoms with van der Waals surface area (Å²) in [5.74, 6) is 6.61. The number of nitrogen functional groups attached to an aromatic ring is 1. The third kappa shape index (κ3) is 2.47. The summed E-state index contributed by atoms with van der Waals surface area (Å²) >= 11 is 0. The second-order valence-corrected chi connectivity index (χ2v) is 3.03. The fourth-order valence-corrected chi connectivity index (χ4v) is 1.25. The highest BCUT2D eigenvalue weighted by Gasteiger charge is 1.99. The van der Waals surface area contributed by atoms with Gasteiger partial charge in [-0.1, -0.05) is 0 Å². The highest BCUT2D eigenvalue weighted by molar-refractivity contribution is 5.31. The molecule has 0 aliphatic heterocycles. The molecule has 0 radical (unpaired) electrons. The smallest absolute Gasteiger partial charge is 0.143 e. The molecule has 2 heterocycles. The third-order valence-corrected chi connectivity index (χ3v) is 1.96. The van der Waals surface area contributed by atoms with Crippen molar-refractivity contribution >= 4 is 5.82 Å². The molecule has 3 N–H and O–H groups in total. The van der Waals surface area contributed by atoms with Gasteiger partial charge in [-0.25, -0.2) is 15.8 Å². The summed E-state index contributed by atoms with van der Waals surface area (Å²) in [4.78, 5) is 12.3. The van der Waals surface area contributed by atoms with Gasteiger partial charge in [0.15, 0.2) is 0 Å². The second-order valence-electron chi connectivity index (χ2n) is 3.03. The van der Waals surface area contributed by atoms with E-state index in [0.29, 0.717) is 12.2 Å². The molecule has 2 aromatic heterocycles. The Bertz CT molecular complexity index is 429. The number of nitrogens with zero attached hydrogens (tertiary/aromatic N) is 3. The van der Waals surface area contributed by atoms with E-state index in [1.165, 1.54) is 0 Å². The molecule has 0 unspecified atom stereocenters. The molecule has 0 saturated carbocycles. The first-order chi connectivity index (χ1) is 7.38. The Balaban J connectivity index is 2.17. The molecule has 2 rings (SSSR count). The van der Waals surface area contributed by atoms with Crippen LogP contribution < -0.4 is 11.3 Å². The molecule has 0 amide bonds. The van der Waals surface area contributed by atoms with E-state index < -0.39 is 0 Å². The lowest BCUT2D eigenvalue weighted by Gasteiger charge is -2.02. The monoisotopic (exact) mass is 201 g/mol. The fourth-order valence-electron chi connectivity index (χ4n) is 1.25. The lowest BCUT2D eigenvalue weighted by molar-refractivity contribution is 0.962. The van der Waals surface area contributed by atoms with E-state index in [1.807, 2.05) is 12.1 Å². The molecule has 15 heavy (non-hydrogen) atoms. The quantitative estimate of drug-likeness (QED) is 0.566. The summed E-state index contributed by atoms with van der Waals surface area (Å²) in [5, 5.41) is 0. The maximum absolute atomic E-state index is 5.26. The Labute approximate surface area is 87.4 Å². The van der Waals surface area contributed by atoms with Crippen LogP contribution in [0.15, 0.2) is 36.8 Å². The Morgan fingerprint density at radius 1 is 1.13 bits per heavy atom. The number of hydrogen-bond acceptors (Lipinski definition) is 5. The molecular formula is C10H11N5. The normalized spacial score (nSPS) is 9.93. The van der Waals surface area contributed by atoms with E-state index in [-0.39, 0.29) is 0 Å². The maximum atomic E-state index is 5.26. The Hall–Kier alpha value is -2.01. The molecule has 0 spiro atoms. The molecule has 0 fully saturated rings. The van der Waals surface area contributed by atoms with Crippen LogP contribution in [0, 0.1) is 0 Å². The number of rotatable bonds is 3. The summed E-state index contributed by atoms with van der Waals surface area (Å²) in [6, 6.07) is 5.59. The first-order valence-electron chi connectivity index (χ1n) is 4.56. The van der Waals surface area contributed by atoms with Crippen molar-refractivity contribution in [1.29, 1.82) is 0 Å². The van der Waals surface area contributed by atoms with E-state index in [1.54, 1.807) is 24.7 Å². The van der Waals surface area contributed by atoms with Crippen molar-refractivity contribution < 1.29 is 0 Å². The van der Waals surface area contributed by atoms with Crippen molar-refractivity contribution in [1.82, 2.24) is 15.0 Å². The van der Waals surface area contributed by atoms with Crippen LogP contribution in [0.3, 0.4) is 0 Å². The van der Waals surface area contributed by atoms with Crippen LogP contribution in [0.4, 0.5) is 5.82 Å². The van der Waals surface area contributed by atoms with Crippen molar-refractivity contribution in [3.05, 3.63) is 48.2 Å². The summed E-state index contributed by atoms with van der Waals surface area (Å²) in [7, 11) is 0. The topological polar surface area (TPSA) is 76.7 Å². The van der Waals surface area contributed by atoms with Crippen LogP contribution in [0.5, 0.6) is 0 Å². The van der Waals surface area contributed by atoms with Crippen molar-refractivity contribution in [2.24, 2.45) is 5.84 Å². The van der Waals surface area contributed by atoms with Gasteiger partial charge in [0.25, 0.3) is 0 Å². The van der Waals surface area contributed by atoms with Crippen LogP contribution in [-0.2, 0) is 6.42 Å². The lowest BCUT2D eigenvalue weighted by Crippen LogP contribution is -2.10. The predicted octanol–water partition coefficient (Wildman–Crippen LogP) is 0.748. The van der Waals surface area contributed by atoms with Crippen molar-refractivity contribution in [3.8, 4) is 0 Å². The van der Waals surface area contributed by atoms with E-state index >= 15 is 0 Å². The highest BCUT2D eigenvalue weighted by Crippen LogP contribution is 2.05. The molecule has 0 saturated heterocycles. The molecule has 5 heteroatoms. The molecule has 76 valence electrons. The number of hydrogen-bond donors (Lipinski definition) is 2. The zero-order chi connectivity index (χ0) is 10.5. The number of nitrogens with two attached hydrogens (primary N) is 1. The van der Waals surface area contributed by atoms with Gasteiger partial charge >= 0.3 is 0 Å². The zero-order valence-corrected chi connectivity index (χ0v) is 8.09. The third-order valence-electron chi connectivity index (χ3n) is 1.96. The van der Waals surface area contributed by atoms with Gasteiger partial charge in [0.2, 0.25) is 0 Å². The minimum Gasteiger partial charge on any atom is -0.308 e. The van der Waals surface area contributed by atoms with Crippen molar-refractivity contribution in [2.75, 3.05) is 5.43 Å². The summed E-state index contributed by atoms with van der Waals surface area (Å²) in [6.07, 6.45) is 5.86. The van der Waals surface area contributed by atoms with Gasteiger partial charge in [0.05, 0.1) is 0 Å². The van der Waals surface area contributed by atoms with Gasteiger partial charge < -0.3 is 5.43 Å². The van der Waals surface area contributed by atoms with Crippen molar-refractivity contribution in [2.45, 2.75) is 6.42 Å². The van der Waals surface area contributed by atoms with Gasteiger partial charge in [-0.05, 0) is 17.7 Å². The first-order valence-corrected chi connectivity index (χ1v) is 4.56. The minimum atomic E-state index is 0.619. The SMILES string of the molecule is NNc1ccnc(Cc2ccncc2)n1. The number of aromatic nitrogens is 3. The van der Waals surface area contributed by atoms with Crippen LogP contribution in [0.25, 0.3) is 0 Å². The van der Waals surface area contributed by atoms with Gasteiger partial charge in [0.1, 0.15) is 11.6 Å². The number of nitrogens with one attached hydrogen (secondary N) is 1. The van der Waals surface area contributed by atoms with E-state index in [9.17, 15) is 0 Å². The van der Waals surface area contributed by atoms with Gasteiger partial charge in [-0.3, -0.25) is 4.98 Å². The van der Waals surface area contributed by atoms with Gasteiger partial charge in [-0.2, -0.15) is 0 Å². The summed E-state index contributed by atoms with van der Waals surface area (Å²) < 4.78 is 0. The molecule has 0 bridgehead atoms. The lowest BCUT2D eigenvalue weighted by atomic mass is 10.2. The highest BCUT2D eigenvalue weighted by atomic mass is 15.3. The Kier molecular flexibility index (Phi) is 2.85. The molecular weight excluding hydrogens is 190 g/mol. The Morgan fingerprint density at radius 3 is 2.67 bits per heavy atom. The van der Waals surface area contributed by atoms with Gasteiger partial charge in [0, 0.05) is 31.1 Å². The predicted molar refractivity (Wildman–Crippen MR) is 56.9 cm³/mol. The maximum Gasteiger partial charge on any atom is 0.143 e. The molecule has 2 aromatic rings. The zero-order valence-electron chi connectivity index (χ0n) is 8.09. The fraction of sp³-hybridized carbons (Fsp3) is 0.100. The van der Waals surface area contributed by atoms with Crippen LogP contribution >= 0.6 is 0 Å². The average molecular weight is 201 g/mol. The molecule has 0 atom stereocenters. The average Bonchev–Trinajstić information content (AvgIpc) is 2.31. The van der Waals surface area contributed by atoms with Crippen LogP contribution in [0.1, 0.15) is 11.4 Å². The van der Waals surface area contributed by atoms with E-state index in [2.05, 4.69) is 20.4 Å². The van der Waals surface area contributed by atoms with E-state index in [4.69, 9.17) is 5.84 Å². The second kappa shape index (κ2) is 4.47. The van der Waals surface area contributed by atoms with E-state index in [0.717, 1.165) is 11.4 Å². The summed E-state index contributed by atoms with van der Waals surface area (Å²) in [5.41, 5.74) is 3.61. The molecule has 0 aliphatic rings. The number of anilines is 1. The summed E-state index contributed by atoms with van der Waals surface area (Å²) in [6.45, 7) is 0. The minimum absolute atomic E-state index is 0.619. The number of hydrazine groups is 1. The van der Waals surface area contributed by atoms with Crippen molar-refractivity contribution in [3.63, 3.8) is 0 Å². The number of pyridine rings is 1. The van der Waals surface area contributed by atoms with Crippen LogP contribution in [-0.4, -0.2) is 15.0 Å². The first kappa shape index (κ1) is 9.54. The largest absolute Gasteiger partial charge is 0.308 e. The molecule has 5 nitrogen and oxygen atoms in total.